The van der Waals surface area contributed by atoms with Crippen LogP contribution in [0.4, 0.5) is 11.8 Å². The third-order valence-corrected chi connectivity index (χ3v) is 5.11. The average Bonchev–Trinajstić information content (AvgIpc) is 2.66. The molecule has 8 heteroatoms. The zero-order valence-corrected chi connectivity index (χ0v) is 17.2. The average molecular weight is 403 g/mol. The highest BCUT2D eigenvalue weighted by atomic mass is 35.5. The van der Waals surface area contributed by atoms with Crippen LogP contribution in [0.1, 0.15) is 42.8 Å². The van der Waals surface area contributed by atoms with E-state index in [4.69, 9.17) is 11.6 Å². The van der Waals surface area contributed by atoms with Crippen LogP contribution in [0.15, 0.2) is 18.5 Å². The van der Waals surface area contributed by atoms with Crippen molar-refractivity contribution in [2.45, 2.75) is 46.0 Å². The number of alkyl halides is 1. The Kier molecular flexibility index (Phi) is 7.14. The lowest BCUT2D eigenvalue weighted by atomic mass is 9.93. The van der Waals surface area contributed by atoms with Gasteiger partial charge in [0.2, 0.25) is 11.9 Å². The summed E-state index contributed by atoms with van der Waals surface area (Å²) in [7, 11) is 0. The minimum Gasteiger partial charge on any atom is -0.342 e. The molecule has 1 atom stereocenters. The van der Waals surface area contributed by atoms with E-state index in [2.05, 4.69) is 25.3 Å². The molecule has 1 aliphatic heterocycles. The molecule has 3 heterocycles. The minimum atomic E-state index is 0.211. The van der Waals surface area contributed by atoms with Crippen molar-refractivity contribution in [1.82, 2.24) is 24.8 Å². The van der Waals surface area contributed by atoms with Crippen LogP contribution in [0, 0.1) is 19.8 Å². The summed E-state index contributed by atoms with van der Waals surface area (Å²) in [5.41, 5.74) is 2.78. The second-order valence-electron chi connectivity index (χ2n) is 7.34. The summed E-state index contributed by atoms with van der Waals surface area (Å²) < 4.78 is 0. The molecule has 7 nitrogen and oxygen atoms in total. The first-order valence-corrected chi connectivity index (χ1v) is 10.3. The maximum Gasteiger partial charge on any atom is 0.228 e. The molecular weight excluding hydrogens is 376 g/mol. The normalized spacial score (nSPS) is 16.8. The van der Waals surface area contributed by atoms with Gasteiger partial charge in [-0.3, -0.25) is 4.79 Å². The maximum absolute atomic E-state index is 12.3. The summed E-state index contributed by atoms with van der Waals surface area (Å²) in [6, 6.07) is 3.87. The van der Waals surface area contributed by atoms with Gasteiger partial charge in [0.15, 0.2) is 0 Å². The maximum atomic E-state index is 12.3. The fourth-order valence-corrected chi connectivity index (χ4v) is 3.74. The van der Waals surface area contributed by atoms with Crippen LogP contribution in [-0.4, -0.2) is 49.7 Å². The molecule has 1 N–H and O–H groups in total. The van der Waals surface area contributed by atoms with E-state index in [1.165, 1.54) is 0 Å². The van der Waals surface area contributed by atoms with Gasteiger partial charge in [0, 0.05) is 48.5 Å². The summed E-state index contributed by atoms with van der Waals surface area (Å²) in [5, 5.41) is 3.16. The Hall–Kier alpha value is -2.28. The highest BCUT2D eigenvalue weighted by Gasteiger charge is 2.24. The van der Waals surface area contributed by atoms with Crippen LogP contribution in [0.2, 0.25) is 0 Å². The Morgan fingerprint density at radius 3 is 2.79 bits per heavy atom. The zero-order valence-electron chi connectivity index (χ0n) is 16.5. The Labute approximate surface area is 171 Å². The lowest BCUT2D eigenvalue weighted by molar-refractivity contribution is -0.133. The largest absolute Gasteiger partial charge is 0.342 e. The summed E-state index contributed by atoms with van der Waals surface area (Å²) in [6.07, 6.45) is 5.80. The quantitative estimate of drug-likeness (QED) is 0.714. The summed E-state index contributed by atoms with van der Waals surface area (Å²) >= 11 is 5.71. The van der Waals surface area contributed by atoms with Crippen LogP contribution >= 0.6 is 11.6 Å². The van der Waals surface area contributed by atoms with Crippen molar-refractivity contribution < 1.29 is 4.79 Å². The smallest absolute Gasteiger partial charge is 0.228 e. The van der Waals surface area contributed by atoms with Crippen molar-refractivity contribution in [2.75, 3.05) is 24.3 Å². The zero-order chi connectivity index (χ0) is 19.9. The van der Waals surface area contributed by atoms with Gasteiger partial charge >= 0.3 is 0 Å². The first kappa shape index (κ1) is 20.5. The van der Waals surface area contributed by atoms with Crippen molar-refractivity contribution >= 4 is 29.3 Å². The summed E-state index contributed by atoms with van der Waals surface area (Å²) in [5.74, 6) is 2.37. The van der Waals surface area contributed by atoms with Gasteiger partial charge in [-0.05, 0) is 51.5 Å². The number of carbonyl (C=O) groups is 1. The molecule has 0 aromatic carbocycles. The molecular formula is C20H27ClN6O. The number of rotatable bonds is 7. The second-order valence-corrected chi connectivity index (χ2v) is 7.72. The van der Waals surface area contributed by atoms with Gasteiger partial charge < -0.3 is 10.2 Å². The van der Waals surface area contributed by atoms with Gasteiger partial charge in [-0.1, -0.05) is 0 Å². The van der Waals surface area contributed by atoms with E-state index in [-0.39, 0.29) is 5.91 Å². The number of carbonyl (C=O) groups excluding carboxylic acids is 1. The SMILES string of the molecule is Cc1cc(C)nc(Nc2cc(CC3CCCN(C(=O)CCCCl)C3)ncn2)n1. The fraction of sp³-hybridized carbons (Fsp3) is 0.550. The van der Waals surface area contributed by atoms with E-state index in [1.807, 2.05) is 30.9 Å². The van der Waals surface area contributed by atoms with E-state index >= 15 is 0 Å². The molecule has 0 spiro atoms. The van der Waals surface area contributed by atoms with Gasteiger partial charge in [0.1, 0.15) is 12.1 Å². The first-order valence-electron chi connectivity index (χ1n) is 9.77. The highest BCUT2D eigenvalue weighted by molar-refractivity contribution is 6.17. The molecule has 1 fully saturated rings. The van der Waals surface area contributed by atoms with Gasteiger partial charge in [-0.15, -0.1) is 11.6 Å². The molecule has 0 bridgehead atoms. The second kappa shape index (κ2) is 9.78. The minimum absolute atomic E-state index is 0.211. The van der Waals surface area contributed by atoms with E-state index < -0.39 is 0 Å². The number of halogens is 1. The number of likely N-dealkylation sites (tertiary alicyclic amines) is 1. The predicted octanol–water partition coefficient (Wildman–Crippen LogP) is 3.43. The number of hydrogen-bond acceptors (Lipinski definition) is 6. The molecule has 0 aliphatic carbocycles. The lowest BCUT2D eigenvalue weighted by Gasteiger charge is -2.32. The van der Waals surface area contributed by atoms with Gasteiger partial charge in [0.25, 0.3) is 0 Å². The van der Waals surface area contributed by atoms with E-state index in [0.717, 1.165) is 55.9 Å². The molecule has 150 valence electrons. The number of piperidine rings is 1. The van der Waals surface area contributed by atoms with Crippen molar-refractivity contribution in [2.24, 2.45) is 5.92 Å². The third-order valence-electron chi connectivity index (χ3n) is 4.84. The number of aromatic nitrogens is 4. The van der Waals surface area contributed by atoms with Crippen LogP contribution in [0.3, 0.4) is 0 Å². The fourth-order valence-electron chi connectivity index (χ4n) is 3.60. The van der Waals surface area contributed by atoms with E-state index in [1.54, 1.807) is 6.33 Å². The molecule has 2 aromatic heterocycles. The molecule has 1 unspecified atom stereocenters. The molecule has 2 aromatic rings. The standard InChI is InChI=1S/C20H27ClN6O/c1-14-9-15(2)25-20(24-14)26-18-11-17(22-13-23-18)10-16-5-4-8-27(12-16)19(28)6-3-7-21/h9,11,13,16H,3-8,10,12H2,1-2H3,(H,22,23,24,25,26). The Morgan fingerprint density at radius 1 is 1.25 bits per heavy atom. The topological polar surface area (TPSA) is 83.9 Å². The van der Waals surface area contributed by atoms with Gasteiger partial charge in [-0.25, -0.2) is 19.9 Å². The predicted molar refractivity (Wildman–Crippen MR) is 110 cm³/mol. The van der Waals surface area contributed by atoms with Crippen molar-refractivity contribution in [3.05, 3.63) is 35.5 Å². The number of amides is 1. The number of aryl methyl sites for hydroxylation is 2. The molecule has 0 saturated carbocycles. The Balaban J connectivity index is 1.61. The first-order chi connectivity index (χ1) is 13.5. The van der Waals surface area contributed by atoms with Crippen LogP contribution in [0.25, 0.3) is 0 Å². The number of nitrogens with one attached hydrogen (secondary N) is 1. The third kappa shape index (κ3) is 5.86. The lowest BCUT2D eigenvalue weighted by Crippen LogP contribution is -2.40. The summed E-state index contributed by atoms with van der Waals surface area (Å²) in [6.45, 7) is 5.51. The molecule has 28 heavy (non-hydrogen) atoms. The van der Waals surface area contributed by atoms with Crippen LogP contribution in [-0.2, 0) is 11.2 Å². The van der Waals surface area contributed by atoms with E-state index in [9.17, 15) is 4.79 Å². The van der Waals surface area contributed by atoms with Crippen LogP contribution in [0.5, 0.6) is 0 Å². The number of hydrogen-bond donors (Lipinski definition) is 1. The number of anilines is 2. The van der Waals surface area contributed by atoms with Crippen LogP contribution < -0.4 is 5.32 Å². The van der Waals surface area contributed by atoms with Crippen molar-refractivity contribution in [1.29, 1.82) is 0 Å². The Bertz CT molecular complexity index is 795. The van der Waals surface area contributed by atoms with Crippen molar-refractivity contribution in [3.63, 3.8) is 0 Å². The molecule has 0 radical (unpaired) electrons. The molecule has 1 aliphatic rings. The highest BCUT2D eigenvalue weighted by Crippen LogP contribution is 2.22. The summed E-state index contributed by atoms with van der Waals surface area (Å²) in [4.78, 5) is 31.7. The molecule has 1 amide bonds. The van der Waals surface area contributed by atoms with Gasteiger partial charge in [0.05, 0.1) is 0 Å². The Morgan fingerprint density at radius 2 is 2.04 bits per heavy atom. The van der Waals surface area contributed by atoms with Crippen molar-refractivity contribution in [3.8, 4) is 0 Å². The molecule has 1 saturated heterocycles. The monoisotopic (exact) mass is 402 g/mol. The molecule has 3 rings (SSSR count). The van der Waals surface area contributed by atoms with Gasteiger partial charge in [-0.2, -0.15) is 0 Å². The number of nitrogens with zero attached hydrogens (tertiary/aromatic N) is 5. The van der Waals surface area contributed by atoms with E-state index in [0.29, 0.717) is 30.0 Å².